The molecule has 0 saturated carbocycles. The van der Waals surface area contributed by atoms with E-state index in [2.05, 4.69) is 4.74 Å². The Hall–Kier alpha value is -1.41. The molecule has 0 radical (unpaired) electrons. The van der Waals surface area contributed by atoms with Crippen LogP contribution in [0.5, 0.6) is 5.75 Å². The number of benzene rings is 1. The number of nitrogens with zero attached hydrogens (tertiary/aromatic N) is 1. The maximum absolute atomic E-state index is 11.8. The molecular formula is C8H3ClF3NO. The molecule has 74 valence electrons. The van der Waals surface area contributed by atoms with E-state index in [1.807, 2.05) is 0 Å². The first-order valence-electron chi connectivity index (χ1n) is 3.38. The van der Waals surface area contributed by atoms with E-state index in [0.717, 1.165) is 6.07 Å². The zero-order valence-corrected chi connectivity index (χ0v) is 7.36. The van der Waals surface area contributed by atoms with Gasteiger partial charge in [0.15, 0.2) is 0 Å². The van der Waals surface area contributed by atoms with Gasteiger partial charge in [0.25, 0.3) is 0 Å². The minimum Gasteiger partial charge on any atom is -0.404 e. The van der Waals surface area contributed by atoms with Gasteiger partial charge >= 0.3 is 6.36 Å². The van der Waals surface area contributed by atoms with Crippen LogP contribution in [-0.2, 0) is 0 Å². The van der Waals surface area contributed by atoms with Crippen molar-refractivity contribution in [3.05, 3.63) is 28.8 Å². The number of nitriles is 1. The molecule has 0 aliphatic heterocycles. The summed E-state index contributed by atoms with van der Waals surface area (Å²) >= 11 is 5.49. The van der Waals surface area contributed by atoms with Crippen molar-refractivity contribution in [3.63, 3.8) is 0 Å². The molecule has 0 atom stereocenters. The van der Waals surface area contributed by atoms with E-state index < -0.39 is 12.1 Å². The molecule has 0 spiro atoms. The SMILES string of the molecule is N#Cc1c(Cl)cccc1OC(F)(F)F. The second kappa shape index (κ2) is 3.76. The van der Waals surface area contributed by atoms with Gasteiger partial charge in [0.05, 0.1) is 5.02 Å². The normalized spacial score (nSPS) is 10.8. The van der Waals surface area contributed by atoms with Gasteiger partial charge in [-0.1, -0.05) is 17.7 Å². The third kappa shape index (κ3) is 2.54. The molecule has 1 aromatic rings. The first-order chi connectivity index (χ1) is 6.44. The molecule has 1 aromatic carbocycles. The van der Waals surface area contributed by atoms with Gasteiger partial charge in [-0.3, -0.25) is 0 Å². The van der Waals surface area contributed by atoms with Crippen LogP contribution in [-0.4, -0.2) is 6.36 Å². The number of hydrogen-bond donors (Lipinski definition) is 0. The minimum atomic E-state index is -4.82. The maximum atomic E-state index is 11.8. The molecule has 0 unspecified atom stereocenters. The van der Waals surface area contributed by atoms with Crippen molar-refractivity contribution in [2.24, 2.45) is 0 Å². The van der Waals surface area contributed by atoms with Crippen molar-refractivity contribution >= 4 is 11.6 Å². The van der Waals surface area contributed by atoms with Crippen LogP contribution in [0.4, 0.5) is 13.2 Å². The van der Waals surface area contributed by atoms with E-state index in [1.54, 1.807) is 0 Å². The topological polar surface area (TPSA) is 33.0 Å². The predicted molar refractivity (Wildman–Crippen MR) is 42.9 cm³/mol. The summed E-state index contributed by atoms with van der Waals surface area (Å²) < 4.78 is 39.0. The van der Waals surface area contributed by atoms with Crippen LogP contribution in [0, 0.1) is 11.3 Å². The van der Waals surface area contributed by atoms with Gasteiger partial charge in [0.2, 0.25) is 0 Å². The first-order valence-corrected chi connectivity index (χ1v) is 3.76. The molecule has 0 saturated heterocycles. The van der Waals surface area contributed by atoms with Gasteiger partial charge in [-0.25, -0.2) is 0 Å². The lowest BCUT2D eigenvalue weighted by Crippen LogP contribution is -2.17. The lowest BCUT2D eigenvalue weighted by atomic mass is 10.2. The molecule has 2 nitrogen and oxygen atoms in total. The molecule has 0 heterocycles. The Kier molecular flexibility index (Phi) is 2.87. The van der Waals surface area contributed by atoms with Crippen molar-refractivity contribution in [2.45, 2.75) is 6.36 Å². The highest BCUT2D eigenvalue weighted by molar-refractivity contribution is 6.31. The molecular weight excluding hydrogens is 219 g/mol. The van der Waals surface area contributed by atoms with E-state index in [4.69, 9.17) is 16.9 Å². The number of hydrogen-bond acceptors (Lipinski definition) is 2. The van der Waals surface area contributed by atoms with Crippen LogP contribution in [0.1, 0.15) is 5.56 Å². The molecule has 1 rings (SSSR count). The van der Waals surface area contributed by atoms with Crippen LogP contribution in [0.2, 0.25) is 5.02 Å². The lowest BCUT2D eigenvalue weighted by Gasteiger charge is -2.10. The second-order valence-corrected chi connectivity index (χ2v) is 2.68. The van der Waals surface area contributed by atoms with E-state index >= 15 is 0 Å². The highest BCUT2D eigenvalue weighted by Crippen LogP contribution is 2.29. The van der Waals surface area contributed by atoms with E-state index in [1.165, 1.54) is 18.2 Å². The molecule has 0 aliphatic rings. The third-order valence-electron chi connectivity index (χ3n) is 1.31. The summed E-state index contributed by atoms with van der Waals surface area (Å²) in [6.07, 6.45) is -4.82. The highest BCUT2D eigenvalue weighted by Gasteiger charge is 2.32. The van der Waals surface area contributed by atoms with Crippen LogP contribution < -0.4 is 4.74 Å². The van der Waals surface area contributed by atoms with Gasteiger partial charge in [0.1, 0.15) is 17.4 Å². The Labute approximate surface area is 82.5 Å². The Morgan fingerprint density at radius 3 is 2.50 bits per heavy atom. The average Bonchev–Trinajstić information content (AvgIpc) is 2.01. The van der Waals surface area contributed by atoms with E-state index in [-0.39, 0.29) is 10.6 Å². The largest absolute Gasteiger partial charge is 0.573 e. The first kappa shape index (κ1) is 10.7. The van der Waals surface area contributed by atoms with Crippen molar-refractivity contribution in [1.29, 1.82) is 5.26 Å². The van der Waals surface area contributed by atoms with E-state index in [0.29, 0.717) is 0 Å². The molecule has 0 bridgehead atoms. The molecule has 0 amide bonds. The lowest BCUT2D eigenvalue weighted by molar-refractivity contribution is -0.274. The zero-order chi connectivity index (χ0) is 10.8. The molecule has 6 heteroatoms. The third-order valence-corrected chi connectivity index (χ3v) is 1.63. The highest BCUT2D eigenvalue weighted by atomic mass is 35.5. The molecule has 0 aromatic heterocycles. The van der Waals surface area contributed by atoms with Crippen LogP contribution in [0.25, 0.3) is 0 Å². The molecule has 0 aliphatic carbocycles. The van der Waals surface area contributed by atoms with Gasteiger partial charge < -0.3 is 4.74 Å². The fourth-order valence-corrected chi connectivity index (χ4v) is 1.03. The fourth-order valence-electron chi connectivity index (χ4n) is 0.823. The summed E-state index contributed by atoms with van der Waals surface area (Å²) in [7, 11) is 0. The summed E-state index contributed by atoms with van der Waals surface area (Å²) in [4.78, 5) is 0. The molecule has 0 N–H and O–H groups in total. The molecule has 14 heavy (non-hydrogen) atoms. The average molecular weight is 222 g/mol. The Morgan fingerprint density at radius 1 is 1.36 bits per heavy atom. The van der Waals surface area contributed by atoms with Crippen molar-refractivity contribution in [3.8, 4) is 11.8 Å². The Balaban J connectivity index is 3.10. The van der Waals surface area contributed by atoms with Crippen molar-refractivity contribution in [2.75, 3.05) is 0 Å². The van der Waals surface area contributed by atoms with Gasteiger partial charge in [0, 0.05) is 0 Å². The van der Waals surface area contributed by atoms with Crippen LogP contribution in [0.15, 0.2) is 18.2 Å². The summed E-state index contributed by atoms with van der Waals surface area (Å²) in [5.74, 6) is -0.590. The number of alkyl halides is 3. The minimum absolute atomic E-state index is 0.0748. The Morgan fingerprint density at radius 2 is 2.00 bits per heavy atom. The smallest absolute Gasteiger partial charge is 0.404 e. The Bertz CT molecular complexity index is 383. The van der Waals surface area contributed by atoms with Crippen LogP contribution >= 0.6 is 11.6 Å². The summed E-state index contributed by atoms with van der Waals surface area (Å²) in [5, 5.41) is 8.44. The fraction of sp³-hybridized carbons (Fsp3) is 0.125. The summed E-state index contributed by atoms with van der Waals surface area (Å²) in [6, 6.07) is 5.13. The number of ether oxygens (including phenoxy) is 1. The number of rotatable bonds is 1. The molecule has 0 fully saturated rings. The van der Waals surface area contributed by atoms with Crippen molar-refractivity contribution < 1.29 is 17.9 Å². The maximum Gasteiger partial charge on any atom is 0.573 e. The monoisotopic (exact) mass is 221 g/mol. The standard InChI is InChI=1S/C8H3ClF3NO/c9-6-2-1-3-7(5(6)4-13)14-8(10,11)12/h1-3H. The zero-order valence-electron chi connectivity index (χ0n) is 6.60. The van der Waals surface area contributed by atoms with E-state index in [9.17, 15) is 13.2 Å². The second-order valence-electron chi connectivity index (χ2n) is 2.27. The van der Waals surface area contributed by atoms with Crippen molar-refractivity contribution in [1.82, 2.24) is 0 Å². The van der Waals surface area contributed by atoms with Gasteiger partial charge in [-0.05, 0) is 12.1 Å². The summed E-state index contributed by atoms with van der Waals surface area (Å²) in [5.41, 5.74) is -0.327. The number of halogens is 4. The summed E-state index contributed by atoms with van der Waals surface area (Å²) in [6.45, 7) is 0. The van der Waals surface area contributed by atoms with Crippen LogP contribution in [0.3, 0.4) is 0 Å². The predicted octanol–water partition coefficient (Wildman–Crippen LogP) is 3.11. The van der Waals surface area contributed by atoms with Gasteiger partial charge in [-0.2, -0.15) is 5.26 Å². The van der Waals surface area contributed by atoms with Gasteiger partial charge in [-0.15, -0.1) is 13.2 Å². The quantitative estimate of drug-likeness (QED) is 0.730.